The van der Waals surface area contributed by atoms with Crippen LogP contribution < -0.4 is 0 Å². The van der Waals surface area contributed by atoms with Crippen LogP contribution in [-0.2, 0) is 4.79 Å². The fourth-order valence-corrected chi connectivity index (χ4v) is 1.61. The molecule has 1 atom stereocenters. The maximum Gasteiger partial charge on any atom is 0.162 e. The van der Waals surface area contributed by atoms with Crippen molar-refractivity contribution in [3.8, 4) is 0 Å². The Hall–Kier alpha value is -0.850. The monoisotopic (exact) mass is 222 g/mol. The number of hydrogen-bond donors (Lipinski definition) is 0. The number of carbonyl (C=O) groups excluding carboxylic acids is 1. The van der Waals surface area contributed by atoms with E-state index >= 15 is 0 Å². The van der Waals surface area contributed by atoms with E-state index in [4.69, 9.17) is 0 Å². The lowest BCUT2D eigenvalue weighted by molar-refractivity contribution is -0.120. The highest BCUT2D eigenvalue weighted by Crippen LogP contribution is 2.23. The van der Waals surface area contributed by atoms with Crippen molar-refractivity contribution in [2.75, 3.05) is 0 Å². The summed E-state index contributed by atoms with van der Waals surface area (Å²) >= 11 is 0. The van der Waals surface area contributed by atoms with Crippen molar-refractivity contribution in [1.29, 1.82) is 0 Å². The molecule has 0 aliphatic rings. The Morgan fingerprint density at radius 1 is 1.19 bits per heavy atom. The predicted molar refractivity (Wildman–Crippen MR) is 71.4 cm³/mol. The molecule has 1 nitrogen and oxygen atoms in total. The Morgan fingerprint density at radius 3 is 2.12 bits per heavy atom. The van der Waals surface area contributed by atoms with Crippen LogP contribution in [0.3, 0.4) is 0 Å². The zero-order valence-corrected chi connectivity index (χ0v) is 11.4. The molecule has 0 rings (SSSR count). The fourth-order valence-electron chi connectivity index (χ4n) is 1.61. The Labute approximate surface area is 101 Å². The summed E-state index contributed by atoms with van der Waals surface area (Å²) in [6.45, 7) is 14.3. The standard InChI is InChI=1S/C15H26O/c1-7-8-9-10-14(12(4)5)15(16)13(6)11(2)3/h8-9,11-12,14H,6-7,10H2,1-5H3. The van der Waals surface area contributed by atoms with E-state index in [2.05, 4.69) is 39.5 Å². The third kappa shape index (κ3) is 4.78. The first-order valence-electron chi connectivity index (χ1n) is 6.29. The van der Waals surface area contributed by atoms with Crippen molar-refractivity contribution in [2.45, 2.75) is 47.5 Å². The Morgan fingerprint density at radius 2 is 1.75 bits per heavy atom. The van der Waals surface area contributed by atoms with Gasteiger partial charge in [-0.05, 0) is 30.3 Å². The third-order valence-electron chi connectivity index (χ3n) is 2.95. The SMILES string of the molecule is C=C(C(=O)C(CC=CCC)C(C)C)C(C)C. The minimum atomic E-state index is 0.0951. The Balaban J connectivity index is 4.59. The second-order valence-corrected chi connectivity index (χ2v) is 5.01. The predicted octanol–water partition coefficient (Wildman–Crippen LogP) is 4.40. The lowest BCUT2D eigenvalue weighted by Gasteiger charge is -2.20. The van der Waals surface area contributed by atoms with Crippen molar-refractivity contribution in [1.82, 2.24) is 0 Å². The fraction of sp³-hybridized carbons (Fsp3) is 0.667. The Bertz CT molecular complexity index is 259. The van der Waals surface area contributed by atoms with E-state index in [0.717, 1.165) is 18.4 Å². The van der Waals surface area contributed by atoms with E-state index in [1.165, 1.54) is 0 Å². The summed E-state index contributed by atoms with van der Waals surface area (Å²) in [4.78, 5) is 12.2. The second-order valence-electron chi connectivity index (χ2n) is 5.01. The summed E-state index contributed by atoms with van der Waals surface area (Å²) in [5, 5.41) is 0. The van der Waals surface area contributed by atoms with Crippen molar-refractivity contribution >= 4 is 5.78 Å². The summed E-state index contributed by atoms with van der Waals surface area (Å²) in [7, 11) is 0. The van der Waals surface area contributed by atoms with Crippen LogP contribution in [0.4, 0.5) is 0 Å². The molecule has 0 aromatic rings. The average molecular weight is 222 g/mol. The lowest BCUT2D eigenvalue weighted by atomic mass is 9.82. The number of allylic oxidation sites excluding steroid dienone is 3. The van der Waals surface area contributed by atoms with E-state index in [1.54, 1.807) is 0 Å². The van der Waals surface area contributed by atoms with E-state index < -0.39 is 0 Å². The normalized spacial score (nSPS) is 13.7. The van der Waals surface area contributed by atoms with Gasteiger partial charge in [0.1, 0.15) is 0 Å². The quantitative estimate of drug-likeness (QED) is 0.461. The molecule has 0 fully saturated rings. The van der Waals surface area contributed by atoms with Gasteiger partial charge in [0, 0.05) is 5.92 Å². The minimum absolute atomic E-state index is 0.0951. The summed E-state index contributed by atoms with van der Waals surface area (Å²) in [5.41, 5.74) is 0.767. The number of Topliss-reactive ketones (excluding diaryl/α,β-unsaturated/α-hetero) is 1. The number of hydrogen-bond acceptors (Lipinski definition) is 1. The van der Waals surface area contributed by atoms with Gasteiger partial charge in [0.2, 0.25) is 0 Å². The van der Waals surface area contributed by atoms with Gasteiger partial charge < -0.3 is 0 Å². The third-order valence-corrected chi connectivity index (χ3v) is 2.95. The molecule has 1 unspecified atom stereocenters. The second kappa shape index (κ2) is 7.43. The molecule has 0 amide bonds. The molecule has 0 spiro atoms. The molecule has 16 heavy (non-hydrogen) atoms. The molecular formula is C15H26O. The van der Waals surface area contributed by atoms with Crippen LogP contribution in [0, 0.1) is 17.8 Å². The zero-order chi connectivity index (χ0) is 12.7. The highest BCUT2D eigenvalue weighted by Gasteiger charge is 2.24. The van der Waals surface area contributed by atoms with E-state index in [1.807, 2.05) is 13.8 Å². The average Bonchev–Trinajstić information content (AvgIpc) is 2.21. The van der Waals surface area contributed by atoms with Gasteiger partial charge in [-0.2, -0.15) is 0 Å². The molecule has 0 bridgehead atoms. The molecule has 0 aromatic heterocycles. The number of rotatable bonds is 7. The van der Waals surface area contributed by atoms with Gasteiger partial charge in [0.05, 0.1) is 0 Å². The van der Waals surface area contributed by atoms with Gasteiger partial charge in [-0.3, -0.25) is 4.79 Å². The molecule has 0 saturated heterocycles. The topological polar surface area (TPSA) is 17.1 Å². The van der Waals surface area contributed by atoms with Gasteiger partial charge in [0.15, 0.2) is 5.78 Å². The molecule has 0 N–H and O–H groups in total. The van der Waals surface area contributed by atoms with Crippen molar-refractivity contribution < 1.29 is 4.79 Å². The first-order valence-corrected chi connectivity index (χ1v) is 6.29. The Kier molecular flexibility index (Phi) is 7.03. The first kappa shape index (κ1) is 15.2. The smallest absolute Gasteiger partial charge is 0.162 e. The maximum atomic E-state index is 12.2. The molecule has 0 aliphatic heterocycles. The largest absolute Gasteiger partial charge is 0.294 e. The molecule has 0 radical (unpaired) electrons. The highest BCUT2D eigenvalue weighted by molar-refractivity contribution is 5.97. The van der Waals surface area contributed by atoms with Crippen LogP contribution in [0.25, 0.3) is 0 Å². The van der Waals surface area contributed by atoms with Gasteiger partial charge >= 0.3 is 0 Å². The summed E-state index contributed by atoms with van der Waals surface area (Å²) in [6.07, 6.45) is 6.12. The molecule has 0 aliphatic carbocycles. The van der Waals surface area contributed by atoms with E-state index in [0.29, 0.717) is 5.92 Å². The first-order chi connectivity index (χ1) is 7.41. The zero-order valence-electron chi connectivity index (χ0n) is 11.4. The van der Waals surface area contributed by atoms with E-state index in [-0.39, 0.29) is 17.6 Å². The van der Waals surface area contributed by atoms with E-state index in [9.17, 15) is 4.79 Å². The van der Waals surface area contributed by atoms with Gasteiger partial charge in [-0.25, -0.2) is 0 Å². The summed E-state index contributed by atoms with van der Waals surface area (Å²) < 4.78 is 0. The van der Waals surface area contributed by atoms with Crippen molar-refractivity contribution in [2.24, 2.45) is 17.8 Å². The number of carbonyl (C=O) groups is 1. The van der Waals surface area contributed by atoms with Crippen LogP contribution in [-0.4, -0.2) is 5.78 Å². The van der Waals surface area contributed by atoms with Crippen LogP contribution in [0.15, 0.2) is 24.3 Å². The molecule has 0 aromatic carbocycles. The minimum Gasteiger partial charge on any atom is -0.294 e. The van der Waals surface area contributed by atoms with Gasteiger partial charge in [-0.15, -0.1) is 0 Å². The van der Waals surface area contributed by atoms with Gasteiger partial charge in [-0.1, -0.05) is 53.3 Å². The molecule has 0 saturated carbocycles. The lowest BCUT2D eigenvalue weighted by Crippen LogP contribution is -2.23. The molecule has 92 valence electrons. The summed E-state index contributed by atoms with van der Waals surface area (Å²) in [5.74, 6) is 0.969. The van der Waals surface area contributed by atoms with Crippen molar-refractivity contribution in [3.05, 3.63) is 24.3 Å². The molecule has 1 heteroatoms. The molecular weight excluding hydrogens is 196 g/mol. The van der Waals surface area contributed by atoms with Gasteiger partial charge in [0.25, 0.3) is 0 Å². The molecule has 0 heterocycles. The van der Waals surface area contributed by atoms with Crippen molar-refractivity contribution in [3.63, 3.8) is 0 Å². The van der Waals surface area contributed by atoms with Crippen LogP contribution in [0.5, 0.6) is 0 Å². The van der Waals surface area contributed by atoms with Crippen LogP contribution in [0.2, 0.25) is 0 Å². The summed E-state index contributed by atoms with van der Waals surface area (Å²) in [6, 6.07) is 0. The number of ketones is 1. The van der Waals surface area contributed by atoms with Crippen LogP contribution >= 0.6 is 0 Å². The van der Waals surface area contributed by atoms with Crippen LogP contribution in [0.1, 0.15) is 47.5 Å². The maximum absolute atomic E-state index is 12.2. The highest BCUT2D eigenvalue weighted by atomic mass is 16.1.